The van der Waals surface area contributed by atoms with Gasteiger partial charge in [-0.3, -0.25) is 4.79 Å². The second-order valence-electron chi connectivity index (χ2n) is 16.5. The highest BCUT2D eigenvalue weighted by atomic mass is 16.5. The second kappa shape index (κ2) is 13.5. The molecule has 1 spiro atoms. The predicted octanol–water partition coefficient (Wildman–Crippen LogP) is 7.90. The Kier molecular flexibility index (Phi) is 9.86. The third-order valence-corrected chi connectivity index (χ3v) is 13.8. The molecule has 4 aliphatic carbocycles. The molecule has 9 unspecified atom stereocenters. The number of hydrogen-bond donors (Lipinski definition) is 2. The van der Waals surface area contributed by atoms with Crippen LogP contribution in [0.2, 0.25) is 0 Å². The van der Waals surface area contributed by atoms with E-state index in [4.69, 9.17) is 9.47 Å². The summed E-state index contributed by atoms with van der Waals surface area (Å²) in [5.41, 5.74) is -0.763. The molecule has 0 amide bonds. The SMILES string of the molecule is CC(=O)OC1CC2(C)C=CC(CCC(C)CCCc3ccccc3)C3(C(O)CCC(C)(C4CCCC4)C13)C2(O)CCC1=CC(=O)OC1. The molecule has 6 heteroatoms. The van der Waals surface area contributed by atoms with Crippen LogP contribution in [-0.2, 0) is 25.5 Å². The molecular weight excluding hydrogens is 588 g/mol. The van der Waals surface area contributed by atoms with E-state index in [9.17, 15) is 19.8 Å². The molecule has 6 nitrogen and oxygen atoms in total. The van der Waals surface area contributed by atoms with Crippen LogP contribution in [0.15, 0.2) is 54.1 Å². The van der Waals surface area contributed by atoms with Crippen molar-refractivity contribution in [2.24, 2.45) is 39.9 Å². The Morgan fingerprint density at radius 1 is 1.09 bits per heavy atom. The van der Waals surface area contributed by atoms with Crippen LogP contribution in [0.3, 0.4) is 0 Å². The average Bonchev–Trinajstić information content (AvgIpc) is 3.73. The van der Waals surface area contributed by atoms with E-state index in [1.807, 2.05) is 0 Å². The number of cyclic esters (lactones) is 1. The van der Waals surface area contributed by atoms with Gasteiger partial charge in [-0.2, -0.15) is 0 Å². The molecule has 2 bridgehead atoms. The summed E-state index contributed by atoms with van der Waals surface area (Å²) >= 11 is 0. The van der Waals surface area contributed by atoms with Gasteiger partial charge in [0.15, 0.2) is 0 Å². The maximum atomic E-state index is 13.6. The van der Waals surface area contributed by atoms with Gasteiger partial charge in [-0.15, -0.1) is 0 Å². The second-order valence-corrected chi connectivity index (χ2v) is 16.5. The summed E-state index contributed by atoms with van der Waals surface area (Å²) in [7, 11) is 0. The smallest absolute Gasteiger partial charge is 0.331 e. The number of rotatable bonds is 12. The summed E-state index contributed by atoms with van der Waals surface area (Å²) in [5, 5.41) is 26.2. The zero-order valence-corrected chi connectivity index (χ0v) is 29.2. The number of aryl methyl sites for hydroxylation is 1. The van der Waals surface area contributed by atoms with Crippen molar-refractivity contribution in [1.82, 2.24) is 0 Å². The average molecular weight is 647 g/mol. The number of hydrogen-bond acceptors (Lipinski definition) is 6. The Labute approximate surface area is 282 Å². The fourth-order valence-corrected chi connectivity index (χ4v) is 11.5. The molecule has 3 saturated carbocycles. The zero-order valence-electron chi connectivity index (χ0n) is 29.2. The summed E-state index contributed by atoms with van der Waals surface area (Å²) in [6, 6.07) is 10.7. The Balaban J connectivity index is 1.38. The van der Waals surface area contributed by atoms with Gasteiger partial charge in [0, 0.05) is 29.7 Å². The molecule has 0 saturated heterocycles. The molecule has 2 N–H and O–H groups in total. The van der Waals surface area contributed by atoms with E-state index in [1.54, 1.807) is 6.08 Å². The molecule has 1 aromatic rings. The number of aliphatic hydroxyl groups is 2. The molecule has 0 aromatic heterocycles. The Morgan fingerprint density at radius 2 is 1.83 bits per heavy atom. The predicted molar refractivity (Wildman–Crippen MR) is 183 cm³/mol. The van der Waals surface area contributed by atoms with Crippen LogP contribution in [0.25, 0.3) is 0 Å². The van der Waals surface area contributed by atoms with Crippen molar-refractivity contribution >= 4 is 11.9 Å². The minimum atomic E-state index is -1.26. The summed E-state index contributed by atoms with van der Waals surface area (Å²) in [6.07, 6.45) is 17.9. The minimum Gasteiger partial charge on any atom is -0.462 e. The van der Waals surface area contributed by atoms with Gasteiger partial charge in [-0.25, -0.2) is 4.79 Å². The van der Waals surface area contributed by atoms with Gasteiger partial charge >= 0.3 is 11.9 Å². The number of allylic oxidation sites excluding steroid dienone is 1. The molecule has 258 valence electrons. The minimum absolute atomic E-state index is 0.0630. The number of ether oxygens (including phenoxy) is 2. The van der Waals surface area contributed by atoms with Crippen LogP contribution in [0.5, 0.6) is 0 Å². The molecule has 0 radical (unpaired) electrons. The van der Waals surface area contributed by atoms with Gasteiger partial charge < -0.3 is 19.7 Å². The fraction of sp³-hybridized carbons (Fsp3) is 0.707. The lowest BCUT2D eigenvalue weighted by Gasteiger charge is -2.74. The van der Waals surface area contributed by atoms with Gasteiger partial charge in [0.05, 0.1) is 11.7 Å². The number of carbonyl (C=O) groups excluding carboxylic acids is 2. The van der Waals surface area contributed by atoms with Gasteiger partial charge in [0.25, 0.3) is 0 Å². The van der Waals surface area contributed by atoms with E-state index in [0.29, 0.717) is 37.5 Å². The van der Waals surface area contributed by atoms with Crippen LogP contribution < -0.4 is 0 Å². The Bertz CT molecular complexity index is 1350. The first-order chi connectivity index (χ1) is 22.4. The van der Waals surface area contributed by atoms with Crippen molar-refractivity contribution in [2.45, 2.75) is 135 Å². The molecule has 6 rings (SSSR count). The summed E-state index contributed by atoms with van der Waals surface area (Å²) in [4.78, 5) is 24.8. The molecule has 5 aliphatic rings. The molecule has 3 fully saturated rings. The highest BCUT2D eigenvalue weighted by Gasteiger charge is 2.77. The van der Waals surface area contributed by atoms with Crippen molar-refractivity contribution < 1.29 is 29.3 Å². The number of fused-ring (bicyclic) bond motifs is 1. The monoisotopic (exact) mass is 646 g/mol. The molecular formula is C41H58O6. The first-order valence-corrected chi connectivity index (χ1v) is 18.6. The summed E-state index contributed by atoms with van der Waals surface area (Å²) < 4.78 is 11.6. The first kappa shape index (κ1) is 34.4. The molecule has 9 atom stereocenters. The van der Waals surface area contributed by atoms with Crippen LogP contribution in [0, 0.1) is 39.9 Å². The van der Waals surface area contributed by atoms with Crippen molar-refractivity contribution in [2.75, 3.05) is 6.61 Å². The van der Waals surface area contributed by atoms with E-state index < -0.39 is 22.5 Å². The maximum Gasteiger partial charge on any atom is 0.331 e. The quantitative estimate of drug-likeness (QED) is 0.177. The van der Waals surface area contributed by atoms with Gasteiger partial charge in [0.1, 0.15) is 12.7 Å². The van der Waals surface area contributed by atoms with E-state index in [2.05, 4.69) is 63.3 Å². The van der Waals surface area contributed by atoms with Crippen molar-refractivity contribution in [3.05, 3.63) is 59.7 Å². The number of benzene rings is 1. The van der Waals surface area contributed by atoms with E-state index in [0.717, 1.165) is 56.9 Å². The molecule has 47 heavy (non-hydrogen) atoms. The standard InChI is InChI=1S/C41H58O6/c1-28(11-10-14-30-12-6-5-7-13-30)17-18-33-20-22-38(3)26-34(47-29(2)42)37-39(4,32-15-8-9-16-32)23-21-35(43)41(33,37)40(38,45)24-19-31-25-36(44)46-27-31/h5-7,12-13,20,22,25,28,32-35,37,43,45H,8-11,14-19,21,23-24,26-27H2,1-4H3. The van der Waals surface area contributed by atoms with Crippen LogP contribution in [0.1, 0.15) is 117 Å². The number of carbonyl (C=O) groups is 2. The van der Waals surface area contributed by atoms with E-state index >= 15 is 0 Å². The maximum absolute atomic E-state index is 13.6. The van der Waals surface area contributed by atoms with E-state index in [1.165, 1.54) is 25.3 Å². The van der Waals surface area contributed by atoms with Crippen molar-refractivity contribution in [3.8, 4) is 0 Å². The topological polar surface area (TPSA) is 93.1 Å². The Hall–Kier alpha value is -2.44. The van der Waals surface area contributed by atoms with Gasteiger partial charge in [-0.05, 0) is 98.5 Å². The lowest BCUT2D eigenvalue weighted by molar-refractivity contribution is -0.331. The van der Waals surface area contributed by atoms with Crippen LogP contribution >= 0.6 is 0 Å². The highest BCUT2D eigenvalue weighted by Crippen LogP contribution is 2.74. The van der Waals surface area contributed by atoms with Crippen molar-refractivity contribution in [3.63, 3.8) is 0 Å². The van der Waals surface area contributed by atoms with E-state index in [-0.39, 0.29) is 41.9 Å². The van der Waals surface area contributed by atoms with Gasteiger partial charge in [-0.1, -0.05) is 88.9 Å². The number of aliphatic hydroxyl groups excluding tert-OH is 1. The molecule has 1 aromatic carbocycles. The third kappa shape index (κ3) is 6.05. The van der Waals surface area contributed by atoms with Crippen LogP contribution in [0.4, 0.5) is 0 Å². The normalized spacial score (nSPS) is 38.9. The van der Waals surface area contributed by atoms with Crippen LogP contribution in [-0.4, -0.2) is 46.6 Å². The Morgan fingerprint density at radius 3 is 2.51 bits per heavy atom. The lowest BCUT2D eigenvalue weighted by atomic mass is 9.32. The molecule has 1 aliphatic heterocycles. The highest BCUT2D eigenvalue weighted by molar-refractivity contribution is 5.85. The summed E-state index contributed by atoms with van der Waals surface area (Å²) in [5.74, 6) is 0.124. The third-order valence-electron chi connectivity index (χ3n) is 13.8. The molecule has 1 heterocycles. The number of esters is 2. The van der Waals surface area contributed by atoms with Gasteiger partial charge in [0.2, 0.25) is 0 Å². The fourth-order valence-electron chi connectivity index (χ4n) is 11.5. The van der Waals surface area contributed by atoms with Crippen molar-refractivity contribution in [1.29, 1.82) is 0 Å². The lowest BCUT2D eigenvalue weighted by Crippen LogP contribution is -2.79. The zero-order chi connectivity index (χ0) is 33.5. The largest absolute Gasteiger partial charge is 0.462 e. The summed E-state index contributed by atoms with van der Waals surface area (Å²) in [6.45, 7) is 8.62. The first-order valence-electron chi connectivity index (χ1n) is 18.6.